The number of hydrogen-bond donors (Lipinski definition) is 0. The van der Waals surface area contributed by atoms with E-state index in [0.717, 1.165) is 4.90 Å². The number of aromatic nitrogens is 2. The van der Waals surface area contributed by atoms with Gasteiger partial charge in [-0.3, -0.25) is 9.78 Å². The third kappa shape index (κ3) is 3.88. The molecule has 124 valence electrons. The van der Waals surface area contributed by atoms with Crippen molar-refractivity contribution < 1.29 is 18.0 Å². The molecule has 8 heteroatoms. The Bertz CT molecular complexity index is 849. The number of para-hydroxylation sites is 2. The van der Waals surface area contributed by atoms with Gasteiger partial charge in [0.1, 0.15) is 12.2 Å². The van der Waals surface area contributed by atoms with Gasteiger partial charge in [0.15, 0.2) is 0 Å². The zero-order chi connectivity index (χ0) is 17.2. The molecule has 0 saturated carbocycles. The fraction of sp³-hybridized carbons (Fsp3) is 0.188. The Balaban J connectivity index is 1.90. The molecule has 1 amide bonds. The summed E-state index contributed by atoms with van der Waals surface area (Å²) in [5, 5.41) is 3.46. The highest BCUT2D eigenvalue weighted by atomic mass is 32.1. The Morgan fingerprint density at radius 2 is 1.92 bits per heavy atom. The quantitative estimate of drug-likeness (QED) is 0.716. The number of benzene rings is 1. The first-order valence-corrected chi connectivity index (χ1v) is 7.95. The molecule has 24 heavy (non-hydrogen) atoms. The van der Waals surface area contributed by atoms with Gasteiger partial charge in [0.05, 0.1) is 17.2 Å². The third-order valence-corrected chi connectivity index (χ3v) is 4.01. The van der Waals surface area contributed by atoms with Crippen LogP contribution in [0.1, 0.15) is 16.1 Å². The number of amides is 1. The number of nitrogens with zero attached hydrogens (tertiary/aromatic N) is 3. The maximum atomic E-state index is 12.8. The van der Waals surface area contributed by atoms with Crippen molar-refractivity contribution in [2.24, 2.45) is 0 Å². The van der Waals surface area contributed by atoms with Crippen LogP contribution in [0.25, 0.3) is 11.0 Å². The Kier molecular flexibility index (Phi) is 4.48. The van der Waals surface area contributed by atoms with Crippen molar-refractivity contribution in [3.05, 3.63) is 58.5 Å². The van der Waals surface area contributed by atoms with Gasteiger partial charge in [0.25, 0.3) is 5.91 Å². The summed E-state index contributed by atoms with van der Waals surface area (Å²) in [5.41, 5.74) is 1.58. The van der Waals surface area contributed by atoms with Crippen LogP contribution in [0, 0.1) is 0 Å². The number of alkyl halides is 3. The largest absolute Gasteiger partial charge is 0.406 e. The number of thiophene rings is 1. The van der Waals surface area contributed by atoms with Crippen LogP contribution in [0.3, 0.4) is 0 Å². The van der Waals surface area contributed by atoms with Crippen LogP contribution in [-0.4, -0.2) is 33.5 Å². The van der Waals surface area contributed by atoms with Gasteiger partial charge < -0.3 is 4.90 Å². The van der Waals surface area contributed by atoms with Crippen LogP contribution in [0.15, 0.2) is 47.3 Å². The maximum Gasteiger partial charge on any atom is 0.406 e. The fourth-order valence-corrected chi connectivity index (χ4v) is 2.90. The van der Waals surface area contributed by atoms with Gasteiger partial charge in [-0.1, -0.05) is 12.1 Å². The minimum Gasteiger partial charge on any atom is -0.324 e. The number of carbonyl (C=O) groups is 1. The number of hydrogen-bond acceptors (Lipinski definition) is 4. The van der Waals surface area contributed by atoms with Crippen molar-refractivity contribution in [1.82, 2.24) is 14.9 Å². The second-order valence-corrected chi connectivity index (χ2v) is 5.93. The van der Waals surface area contributed by atoms with Crippen molar-refractivity contribution in [2.45, 2.75) is 12.7 Å². The number of rotatable bonds is 4. The van der Waals surface area contributed by atoms with E-state index in [-0.39, 0.29) is 12.2 Å². The lowest BCUT2D eigenvalue weighted by molar-refractivity contribution is -0.141. The summed E-state index contributed by atoms with van der Waals surface area (Å²) in [7, 11) is 0. The minimum atomic E-state index is -4.49. The number of halogens is 3. The van der Waals surface area contributed by atoms with Crippen molar-refractivity contribution in [3.63, 3.8) is 0 Å². The fourth-order valence-electron chi connectivity index (χ4n) is 2.24. The molecular formula is C16H12F3N3OS. The minimum absolute atomic E-state index is 0.104. The average Bonchev–Trinajstić information content (AvgIpc) is 3.05. The highest BCUT2D eigenvalue weighted by Crippen LogP contribution is 2.21. The smallest absolute Gasteiger partial charge is 0.324 e. The van der Waals surface area contributed by atoms with E-state index in [1.807, 2.05) is 0 Å². The molecule has 3 rings (SSSR count). The van der Waals surface area contributed by atoms with E-state index in [2.05, 4.69) is 9.97 Å². The van der Waals surface area contributed by atoms with Gasteiger partial charge in [-0.25, -0.2) is 4.98 Å². The Labute approximate surface area is 139 Å². The van der Waals surface area contributed by atoms with Crippen molar-refractivity contribution in [3.8, 4) is 0 Å². The molecule has 2 heterocycles. The molecule has 0 spiro atoms. The lowest BCUT2D eigenvalue weighted by Crippen LogP contribution is -2.38. The van der Waals surface area contributed by atoms with E-state index >= 15 is 0 Å². The molecule has 2 aromatic heterocycles. The number of fused-ring (bicyclic) bond motifs is 1. The molecular weight excluding hydrogens is 339 g/mol. The van der Waals surface area contributed by atoms with Crippen LogP contribution in [-0.2, 0) is 6.54 Å². The molecule has 1 aromatic carbocycles. The summed E-state index contributed by atoms with van der Waals surface area (Å²) < 4.78 is 38.5. The van der Waals surface area contributed by atoms with Crippen molar-refractivity contribution in [2.75, 3.05) is 6.54 Å². The lowest BCUT2D eigenvalue weighted by Gasteiger charge is -2.23. The van der Waals surface area contributed by atoms with E-state index in [9.17, 15) is 18.0 Å². The van der Waals surface area contributed by atoms with E-state index in [0.29, 0.717) is 16.6 Å². The van der Waals surface area contributed by atoms with Gasteiger partial charge in [0.2, 0.25) is 0 Å². The summed E-state index contributed by atoms with van der Waals surface area (Å²) in [6, 6.07) is 8.56. The topological polar surface area (TPSA) is 46.1 Å². The summed E-state index contributed by atoms with van der Waals surface area (Å²) in [4.78, 5) is 21.5. The Morgan fingerprint density at radius 1 is 1.17 bits per heavy atom. The van der Waals surface area contributed by atoms with Gasteiger partial charge in [-0.05, 0) is 34.5 Å². The molecule has 3 aromatic rings. The molecule has 0 aliphatic carbocycles. The van der Waals surface area contributed by atoms with Gasteiger partial charge in [0, 0.05) is 6.54 Å². The Hall–Kier alpha value is -2.48. The van der Waals surface area contributed by atoms with Crippen LogP contribution in [0.5, 0.6) is 0 Å². The first-order chi connectivity index (χ1) is 11.4. The molecule has 0 N–H and O–H groups in total. The van der Waals surface area contributed by atoms with Crippen molar-refractivity contribution >= 4 is 28.3 Å². The lowest BCUT2D eigenvalue weighted by atomic mass is 10.2. The second kappa shape index (κ2) is 6.56. The standard InChI is InChI=1S/C16H12F3N3OS/c17-16(18,19)10-22(8-11-5-6-24-9-11)15(23)14-7-20-12-3-1-2-4-13(12)21-14/h1-7,9H,8,10H2. The Morgan fingerprint density at radius 3 is 2.58 bits per heavy atom. The highest BCUT2D eigenvalue weighted by Gasteiger charge is 2.34. The molecule has 0 atom stereocenters. The van der Waals surface area contributed by atoms with Crippen LogP contribution in [0.4, 0.5) is 13.2 Å². The van der Waals surface area contributed by atoms with Gasteiger partial charge >= 0.3 is 6.18 Å². The predicted molar refractivity (Wildman–Crippen MR) is 84.7 cm³/mol. The first-order valence-electron chi connectivity index (χ1n) is 7.01. The van der Waals surface area contributed by atoms with Gasteiger partial charge in [-0.2, -0.15) is 24.5 Å². The normalized spacial score (nSPS) is 11.6. The molecule has 0 unspecified atom stereocenters. The van der Waals surface area contributed by atoms with E-state index in [1.165, 1.54) is 17.5 Å². The predicted octanol–water partition coefficient (Wildman–Crippen LogP) is 3.90. The van der Waals surface area contributed by atoms with Gasteiger partial charge in [-0.15, -0.1) is 0 Å². The average molecular weight is 351 g/mol. The molecule has 0 aliphatic rings. The van der Waals surface area contributed by atoms with E-state index in [1.54, 1.807) is 41.1 Å². The van der Waals surface area contributed by atoms with Crippen molar-refractivity contribution in [1.29, 1.82) is 0 Å². The van der Waals surface area contributed by atoms with Crippen LogP contribution in [0.2, 0.25) is 0 Å². The van der Waals surface area contributed by atoms with E-state index < -0.39 is 18.6 Å². The second-order valence-electron chi connectivity index (χ2n) is 5.15. The summed E-state index contributed by atoms with van der Waals surface area (Å²) >= 11 is 1.36. The third-order valence-electron chi connectivity index (χ3n) is 3.28. The molecule has 0 saturated heterocycles. The maximum absolute atomic E-state index is 12.8. The zero-order valence-corrected chi connectivity index (χ0v) is 13.1. The molecule has 0 aliphatic heterocycles. The zero-order valence-electron chi connectivity index (χ0n) is 12.3. The van der Waals surface area contributed by atoms with Crippen LogP contribution >= 0.6 is 11.3 Å². The van der Waals surface area contributed by atoms with E-state index in [4.69, 9.17) is 0 Å². The molecule has 0 fully saturated rings. The molecule has 0 bridgehead atoms. The van der Waals surface area contributed by atoms with Crippen LogP contribution < -0.4 is 0 Å². The summed E-state index contributed by atoms with van der Waals surface area (Å²) in [5.74, 6) is -0.795. The number of carbonyl (C=O) groups excluding carboxylic acids is 1. The first kappa shape index (κ1) is 16.4. The summed E-state index contributed by atoms with van der Waals surface area (Å²) in [6.07, 6.45) is -3.28. The molecule has 4 nitrogen and oxygen atoms in total. The molecule has 0 radical (unpaired) electrons. The SMILES string of the molecule is O=C(c1cnc2ccccc2n1)N(Cc1ccsc1)CC(F)(F)F. The summed E-state index contributed by atoms with van der Waals surface area (Å²) in [6.45, 7) is -1.47. The monoisotopic (exact) mass is 351 g/mol. The highest BCUT2D eigenvalue weighted by molar-refractivity contribution is 7.07.